The first-order valence-electron chi connectivity index (χ1n) is 15.8. The average Bonchev–Trinajstić information content (AvgIpc) is 3.75. The molecule has 6 unspecified atom stereocenters. The molecule has 2 aliphatic heterocycles. The number of nitrogens with zero attached hydrogens (tertiary/aromatic N) is 5. The zero-order valence-corrected chi connectivity index (χ0v) is 35.4. The SMILES string of the molecule is [BH3-]P(=O)(OC[C@@H]1CC[C@H](n2cc(C)c(=O)[nH]c2=O)O1)OP(=O)([O-])C(F)(F)P(=O)([O-])O.[BH3-]P(=O)(OC[C@H]1O[C@@H](n2cc(C)c(=O)[nH]c2=O)C[C@H]1N=[N+]=[N-])OP(=O)([O-])C(F)(F)P(=O)([O-])O. The van der Waals surface area contributed by atoms with Gasteiger partial charge >= 0.3 is 22.2 Å². The van der Waals surface area contributed by atoms with Gasteiger partial charge in [0.25, 0.3) is 11.1 Å². The molecule has 0 bridgehead atoms. The molecule has 4 N–H and O–H groups in total. The zero-order chi connectivity index (χ0) is 48.5. The predicted molar refractivity (Wildman–Crippen MR) is 201 cm³/mol. The number of alkyl halides is 4. The highest BCUT2D eigenvalue weighted by molar-refractivity contribution is 7.86. The van der Waals surface area contributed by atoms with E-state index in [1.54, 1.807) is 0 Å². The van der Waals surface area contributed by atoms with Crippen molar-refractivity contribution in [3.8, 4) is 0 Å². The molecule has 2 aliphatic rings. The van der Waals surface area contributed by atoms with Gasteiger partial charge in [-0.05, 0) is 32.2 Å². The highest BCUT2D eigenvalue weighted by Gasteiger charge is 2.55. The summed E-state index contributed by atoms with van der Waals surface area (Å²) in [5.74, 6) is 0. The van der Waals surface area contributed by atoms with E-state index in [0.29, 0.717) is 0 Å². The summed E-state index contributed by atoms with van der Waals surface area (Å²) < 4.78 is 153. The minimum atomic E-state index is -6.76. The van der Waals surface area contributed by atoms with Crippen molar-refractivity contribution in [2.45, 2.75) is 74.6 Å². The molecule has 4 heterocycles. The molecule has 0 saturated carbocycles. The molecule has 0 radical (unpaired) electrons. The van der Waals surface area contributed by atoms with Crippen molar-refractivity contribution < 1.29 is 101 Å². The maximum Gasteiger partial charge on any atom is 0.368 e. The van der Waals surface area contributed by atoms with E-state index in [9.17, 15) is 83.7 Å². The van der Waals surface area contributed by atoms with E-state index in [2.05, 4.69) is 23.6 Å². The lowest BCUT2D eigenvalue weighted by Gasteiger charge is -2.38. The van der Waals surface area contributed by atoms with Crippen molar-refractivity contribution in [2.24, 2.45) is 5.11 Å². The molecule has 2 saturated heterocycles. The topological polar surface area (TPSA) is 449 Å². The lowest BCUT2D eigenvalue weighted by atomic mass is 10.1. The fourth-order valence-electron chi connectivity index (χ4n) is 4.75. The van der Waals surface area contributed by atoms with Crippen LogP contribution >= 0.6 is 45.3 Å². The Morgan fingerprint density at radius 2 is 1.21 bits per heavy atom. The molecule has 4 rings (SSSR count). The van der Waals surface area contributed by atoms with Gasteiger partial charge in [-0.1, -0.05) is 5.11 Å². The van der Waals surface area contributed by atoms with Crippen LogP contribution in [0.2, 0.25) is 0 Å². The Hall–Kier alpha value is -2.58. The Labute approximate surface area is 349 Å². The summed E-state index contributed by atoms with van der Waals surface area (Å²) in [5.41, 5.74) is 6.29. The number of ether oxygens (including phenoxy) is 2. The Bertz CT molecular complexity index is 2650. The molecule has 0 spiro atoms. The van der Waals surface area contributed by atoms with Crippen LogP contribution in [0.1, 0.15) is 42.8 Å². The fraction of sp³-hybridized carbons (Fsp3) is 0.636. The minimum absolute atomic E-state index is 0.132. The van der Waals surface area contributed by atoms with Crippen LogP contribution in [0.4, 0.5) is 17.6 Å². The first kappa shape index (κ1) is 54.8. The average molecular weight is 1030 g/mol. The molecule has 11 atom stereocenters. The van der Waals surface area contributed by atoms with Crippen LogP contribution in [-0.2, 0) is 54.5 Å². The Balaban J connectivity index is 0.000000337. The highest BCUT2D eigenvalue weighted by atomic mass is 31.3. The van der Waals surface area contributed by atoms with Crippen LogP contribution in [0.15, 0.2) is 36.7 Å². The Morgan fingerprint density at radius 3 is 1.62 bits per heavy atom. The monoisotopic (exact) mass is 1030 g/mol. The van der Waals surface area contributed by atoms with Crippen LogP contribution in [-0.4, -0.2) is 86.3 Å². The largest absolute Gasteiger partial charge is 0.774 e. The number of aromatic amines is 2. The number of hydrogen-bond acceptors (Lipinski definition) is 21. The number of halogens is 4. The lowest BCUT2D eigenvalue weighted by molar-refractivity contribution is -0.231. The summed E-state index contributed by atoms with van der Waals surface area (Å²) in [6, 6.07) is -1.06. The molecule has 2 fully saturated rings. The van der Waals surface area contributed by atoms with Crippen molar-refractivity contribution in [3.63, 3.8) is 0 Å². The zero-order valence-electron chi connectivity index (χ0n) is 30.1. The smallest absolute Gasteiger partial charge is 0.368 e. The molecule has 2 aromatic heterocycles. The number of hydrogen-bond donors (Lipinski definition) is 4. The van der Waals surface area contributed by atoms with Gasteiger partial charge in [0.2, 0.25) is 30.4 Å². The fourth-order valence-corrected chi connectivity index (χ4v) is 11.0. The quantitative estimate of drug-likeness (QED) is 0.0322. The van der Waals surface area contributed by atoms with Gasteiger partial charge in [-0.15, -0.1) is 0 Å². The van der Waals surface area contributed by atoms with Gasteiger partial charge in [0.15, 0.2) is 14.9 Å². The summed E-state index contributed by atoms with van der Waals surface area (Å²) in [4.78, 5) is 115. The van der Waals surface area contributed by atoms with E-state index in [1.165, 1.54) is 26.2 Å². The molecule has 29 nitrogen and oxygen atoms in total. The maximum atomic E-state index is 13.5. The summed E-state index contributed by atoms with van der Waals surface area (Å²) in [6.07, 6.45) is -1.18. The minimum Gasteiger partial charge on any atom is -0.774 e. The van der Waals surface area contributed by atoms with Crippen LogP contribution in [0, 0.1) is 13.8 Å². The van der Waals surface area contributed by atoms with Gasteiger partial charge in [0, 0.05) is 34.9 Å². The van der Waals surface area contributed by atoms with Crippen molar-refractivity contribution in [1.82, 2.24) is 19.1 Å². The number of azide groups is 1. The van der Waals surface area contributed by atoms with Crippen molar-refractivity contribution in [2.75, 3.05) is 13.2 Å². The standard InChI is InChI=1S/C11H18BF2N5O11P3.C11H19BF2N2O11P3/c1-5-3-19(10(21)16-9(5)20)8-2-6(17-18-15)7(29-8)4-28-33(12,27)30-32(25,26)11(13,14)31(22,23)24;1-6-4-16(10(18)15-9(6)17)8-3-2-7(26-8)5-25-30(12,24)27-29(22,23)11(13,14)28(19,20)21/h3,6-8H,2,4H2,1,12H3,(H,25,26)(H,16,20,21)(H2,22,23,24);4,7-8H,2-3,5H2,1,12H3,(H,22,23)(H,15,17,18)(H2,19,20,21)/q2*-1/p-4/t6-,7-,8-,33?;7-,8+,30?/m10/s1. The molecule has 41 heteroatoms. The first-order chi connectivity index (χ1) is 28.4. The third-order valence-corrected chi connectivity index (χ3v) is 17.0. The van der Waals surface area contributed by atoms with Crippen molar-refractivity contribution >= 4 is 60.5 Å². The Kier molecular flexibility index (Phi) is 17.1. The Morgan fingerprint density at radius 1 is 0.794 bits per heavy atom. The van der Waals surface area contributed by atoms with Crippen LogP contribution in [0.3, 0.4) is 0 Å². The summed E-state index contributed by atoms with van der Waals surface area (Å²) in [6.45, 7) is 1.51. The molecule has 358 valence electrons. The normalized spacial score (nSPS) is 26.3. The maximum absolute atomic E-state index is 13.5. The van der Waals surface area contributed by atoms with Crippen LogP contribution in [0.5, 0.6) is 0 Å². The third-order valence-electron chi connectivity index (χ3n) is 7.80. The van der Waals surface area contributed by atoms with Gasteiger partial charge in [0.1, 0.15) is 12.5 Å². The molecule has 0 amide bonds. The molecule has 63 heavy (non-hydrogen) atoms. The van der Waals surface area contributed by atoms with E-state index in [4.69, 9.17) is 33.8 Å². The molecule has 0 aromatic carbocycles. The summed E-state index contributed by atoms with van der Waals surface area (Å²) >= 11 is 0. The number of nitrogens with one attached hydrogen (secondary N) is 2. The van der Waals surface area contributed by atoms with Gasteiger partial charge in [-0.25, -0.2) is 9.59 Å². The second kappa shape index (κ2) is 19.7. The molecule has 0 aliphatic carbocycles. The number of H-pyrrole nitrogens is 2. The summed E-state index contributed by atoms with van der Waals surface area (Å²) in [7, 11) is -39.6. The lowest BCUT2D eigenvalue weighted by Crippen LogP contribution is -2.33. The summed E-state index contributed by atoms with van der Waals surface area (Å²) in [5, 5.41) is -8.00. The van der Waals surface area contributed by atoms with Gasteiger partial charge in [-0.2, -0.15) is 17.6 Å². The second-order valence-corrected chi connectivity index (χ2v) is 21.9. The van der Waals surface area contributed by atoms with E-state index < -0.39 is 138 Å². The van der Waals surface area contributed by atoms with Crippen LogP contribution < -0.4 is 42.1 Å². The van der Waals surface area contributed by atoms with E-state index in [1.807, 2.05) is 4.98 Å². The number of rotatable bonds is 17. The third kappa shape index (κ3) is 13.3. The van der Waals surface area contributed by atoms with Gasteiger partial charge in [0.05, 0.1) is 46.6 Å². The van der Waals surface area contributed by atoms with Crippen molar-refractivity contribution in [3.05, 3.63) is 75.6 Å². The predicted octanol–water partition coefficient (Wildman–Crippen LogP) is -2.35. The van der Waals surface area contributed by atoms with E-state index >= 15 is 0 Å². The first-order valence-corrected chi connectivity index (χ1v) is 24.2. The van der Waals surface area contributed by atoms with E-state index in [-0.39, 0.29) is 30.4 Å². The van der Waals surface area contributed by atoms with E-state index in [0.717, 1.165) is 9.13 Å². The molecule has 2 aromatic rings. The number of aryl methyl sites for hydroxylation is 2. The van der Waals surface area contributed by atoms with Gasteiger partial charge < -0.3 is 75.3 Å². The molecular formula is C22H33B2F4N7O22P6-6. The molecular weight excluding hydrogens is 998 g/mol. The van der Waals surface area contributed by atoms with Crippen LogP contribution in [0.25, 0.3) is 10.4 Å². The second-order valence-electron chi connectivity index (χ2n) is 12.1. The number of aromatic nitrogens is 4. The highest BCUT2D eigenvalue weighted by Crippen LogP contribution is 2.75. The van der Waals surface area contributed by atoms with Gasteiger partial charge in [-0.3, -0.25) is 37.3 Å². The van der Waals surface area contributed by atoms with Crippen molar-refractivity contribution in [1.29, 1.82) is 0 Å².